The van der Waals surface area contributed by atoms with Gasteiger partial charge in [0, 0.05) is 19.6 Å². The highest BCUT2D eigenvalue weighted by molar-refractivity contribution is 5.80. The van der Waals surface area contributed by atoms with E-state index in [0.29, 0.717) is 12.6 Å². The summed E-state index contributed by atoms with van der Waals surface area (Å²) in [4.78, 5) is 4.78. The number of nitrogens with one attached hydrogen (secondary N) is 2. The van der Waals surface area contributed by atoms with E-state index in [9.17, 15) is 0 Å². The lowest BCUT2D eigenvalue weighted by molar-refractivity contribution is 0.407. The number of benzene rings is 1. The van der Waals surface area contributed by atoms with Gasteiger partial charge in [-0.25, -0.2) is 4.99 Å². The molecule has 1 aromatic heterocycles. The first-order valence-corrected chi connectivity index (χ1v) is 10.2. The Morgan fingerprint density at radius 3 is 2.71 bits per heavy atom. The van der Waals surface area contributed by atoms with Gasteiger partial charge in [-0.15, -0.1) is 10.2 Å². The summed E-state index contributed by atoms with van der Waals surface area (Å²) >= 11 is 0. The van der Waals surface area contributed by atoms with Crippen molar-refractivity contribution in [2.24, 2.45) is 12.0 Å². The van der Waals surface area contributed by atoms with Crippen LogP contribution in [0.3, 0.4) is 0 Å². The Morgan fingerprint density at radius 1 is 1.21 bits per heavy atom. The third-order valence-electron chi connectivity index (χ3n) is 5.39. The smallest absolute Gasteiger partial charge is 0.191 e. The van der Waals surface area contributed by atoms with Gasteiger partial charge in [-0.05, 0) is 37.8 Å². The maximum Gasteiger partial charge on any atom is 0.191 e. The largest absolute Gasteiger partial charge is 0.496 e. The van der Waals surface area contributed by atoms with Crippen molar-refractivity contribution in [1.29, 1.82) is 0 Å². The van der Waals surface area contributed by atoms with Crippen molar-refractivity contribution >= 4 is 5.96 Å². The number of nitrogens with zero attached hydrogens (tertiary/aromatic N) is 4. The lowest BCUT2D eigenvalue weighted by atomic mass is 9.96. The first-order chi connectivity index (χ1) is 13.7. The number of rotatable bonds is 7. The normalized spacial score (nSPS) is 15.5. The van der Waals surface area contributed by atoms with Crippen LogP contribution in [0.4, 0.5) is 0 Å². The summed E-state index contributed by atoms with van der Waals surface area (Å²) in [6.07, 6.45) is 7.19. The predicted octanol–water partition coefficient (Wildman–Crippen LogP) is 2.74. The van der Waals surface area contributed by atoms with Gasteiger partial charge in [0.25, 0.3) is 0 Å². The van der Waals surface area contributed by atoms with Crippen molar-refractivity contribution in [3.8, 4) is 5.75 Å². The molecule has 0 unspecified atom stereocenters. The second kappa shape index (κ2) is 10.1. The number of aliphatic imine (C=N–C) groups is 1. The van der Waals surface area contributed by atoms with E-state index in [0.717, 1.165) is 36.3 Å². The van der Waals surface area contributed by atoms with E-state index in [1.807, 2.05) is 36.7 Å². The van der Waals surface area contributed by atoms with Crippen LogP contribution >= 0.6 is 0 Å². The second-order valence-electron chi connectivity index (χ2n) is 7.36. The Bertz CT molecular complexity index is 779. The third-order valence-corrected chi connectivity index (χ3v) is 5.39. The molecule has 0 spiro atoms. The molecule has 7 nitrogen and oxygen atoms in total. The van der Waals surface area contributed by atoms with E-state index in [4.69, 9.17) is 9.73 Å². The van der Waals surface area contributed by atoms with Crippen LogP contribution in [0, 0.1) is 6.92 Å². The summed E-state index contributed by atoms with van der Waals surface area (Å²) in [6.45, 7) is 3.25. The Morgan fingerprint density at radius 2 is 2.00 bits per heavy atom. The van der Waals surface area contributed by atoms with E-state index >= 15 is 0 Å². The number of hydrogen-bond acceptors (Lipinski definition) is 4. The Balaban J connectivity index is 1.63. The Hall–Kier alpha value is -2.57. The number of ether oxygens (including phenoxy) is 1. The van der Waals surface area contributed by atoms with E-state index < -0.39 is 0 Å². The molecule has 2 N–H and O–H groups in total. The standard InChI is InChI=1S/C21H32N6O/c1-16-25-26-20(27(16)2)15-23-21(24-18-10-5-4-6-11-18)22-14-13-17-9-7-8-12-19(17)28-3/h7-9,12,18H,4-6,10-11,13-15H2,1-3H3,(H2,22,23,24). The van der Waals surface area contributed by atoms with Gasteiger partial charge in [0.2, 0.25) is 0 Å². The van der Waals surface area contributed by atoms with E-state index in [2.05, 4.69) is 26.9 Å². The molecule has 28 heavy (non-hydrogen) atoms. The molecule has 1 heterocycles. The van der Waals surface area contributed by atoms with E-state index in [1.54, 1.807) is 7.11 Å². The van der Waals surface area contributed by atoms with E-state index in [1.165, 1.54) is 37.7 Å². The highest BCUT2D eigenvalue weighted by Gasteiger charge is 2.15. The quantitative estimate of drug-likeness (QED) is 0.567. The third kappa shape index (κ3) is 5.47. The van der Waals surface area contributed by atoms with Crippen LogP contribution in [0.1, 0.15) is 49.3 Å². The summed E-state index contributed by atoms with van der Waals surface area (Å²) in [6, 6.07) is 8.64. The van der Waals surface area contributed by atoms with Gasteiger partial charge in [0.1, 0.15) is 18.1 Å². The molecule has 1 aromatic carbocycles. The van der Waals surface area contributed by atoms with Crippen LogP contribution < -0.4 is 15.4 Å². The number of aryl methyl sites for hydroxylation is 1. The minimum atomic E-state index is 0.493. The minimum absolute atomic E-state index is 0.493. The first-order valence-electron chi connectivity index (χ1n) is 10.2. The van der Waals surface area contributed by atoms with Gasteiger partial charge < -0.3 is 19.9 Å². The van der Waals surface area contributed by atoms with Crippen molar-refractivity contribution in [3.05, 3.63) is 41.5 Å². The van der Waals surface area contributed by atoms with Crippen LogP contribution in [0.2, 0.25) is 0 Å². The van der Waals surface area contributed by atoms with Gasteiger partial charge >= 0.3 is 0 Å². The average molecular weight is 385 g/mol. The van der Waals surface area contributed by atoms with Crippen molar-refractivity contribution in [2.75, 3.05) is 13.7 Å². The molecule has 0 saturated heterocycles. The molecule has 0 aliphatic heterocycles. The van der Waals surface area contributed by atoms with Crippen LogP contribution in [0.15, 0.2) is 29.3 Å². The molecule has 7 heteroatoms. The Labute approximate surface area is 167 Å². The molecule has 0 bridgehead atoms. The van der Waals surface area contributed by atoms with Crippen LogP contribution in [-0.4, -0.2) is 40.4 Å². The number of aromatic nitrogens is 3. The van der Waals surface area contributed by atoms with Crippen molar-refractivity contribution < 1.29 is 4.74 Å². The van der Waals surface area contributed by atoms with Crippen molar-refractivity contribution in [3.63, 3.8) is 0 Å². The number of hydrogen-bond donors (Lipinski definition) is 2. The molecule has 1 aliphatic carbocycles. The fourth-order valence-electron chi connectivity index (χ4n) is 3.56. The summed E-state index contributed by atoms with van der Waals surface area (Å²) in [5.41, 5.74) is 1.19. The van der Waals surface area contributed by atoms with Gasteiger partial charge in [-0.1, -0.05) is 37.5 Å². The van der Waals surface area contributed by atoms with Crippen LogP contribution in [0.5, 0.6) is 5.75 Å². The highest BCUT2D eigenvalue weighted by Crippen LogP contribution is 2.18. The monoisotopic (exact) mass is 384 g/mol. The summed E-state index contributed by atoms with van der Waals surface area (Å²) < 4.78 is 7.44. The lowest BCUT2D eigenvalue weighted by Crippen LogP contribution is -2.44. The SMILES string of the molecule is COc1ccccc1CCNC(=NCc1nnc(C)n1C)NC1CCCCC1. The lowest BCUT2D eigenvalue weighted by Gasteiger charge is -2.25. The van der Waals surface area contributed by atoms with Gasteiger partial charge in [0.05, 0.1) is 7.11 Å². The zero-order valence-corrected chi connectivity index (χ0v) is 17.2. The molecule has 2 aromatic rings. The van der Waals surface area contributed by atoms with Gasteiger partial charge in [0.15, 0.2) is 11.8 Å². The first kappa shape index (κ1) is 20.2. The molecule has 1 aliphatic rings. The summed E-state index contributed by atoms with van der Waals surface area (Å²) in [5.74, 6) is 3.54. The number of para-hydroxylation sites is 1. The maximum absolute atomic E-state index is 5.45. The molecule has 0 atom stereocenters. The van der Waals surface area contributed by atoms with Crippen LogP contribution in [0.25, 0.3) is 0 Å². The molecule has 0 radical (unpaired) electrons. The summed E-state index contributed by atoms with van der Waals surface area (Å²) in [7, 11) is 3.69. The topological polar surface area (TPSA) is 76.4 Å². The predicted molar refractivity (Wildman–Crippen MR) is 112 cm³/mol. The van der Waals surface area contributed by atoms with Crippen molar-refractivity contribution in [1.82, 2.24) is 25.4 Å². The molecule has 1 fully saturated rings. The molecular formula is C21H32N6O. The molecule has 152 valence electrons. The number of guanidine groups is 1. The average Bonchev–Trinajstić information content (AvgIpc) is 3.05. The Kier molecular flexibility index (Phi) is 7.28. The highest BCUT2D eigenvalue weighted by atomic mass is 16.5. The van der Waals surface area contributed by atoms with Gasteiger partial charge in [-0.2, -0.15) is 0 Å². The summed E-state index contributed by atoms with van der Waals surface area (Å²) in [5, 5.41) is 15.4. The van der Waals surface area contributed by atoms with E-state index in [-0.39, 0.29) is 0 Å². The molecule has 1 saturated carbocycles. The molecule has 0 amide bonds. The minimum Gasteiger partial charge on any atom is -0.496 e. The zero-order chi connectivity index (χ0) is 19.8. The number of methoxy groups -OCH3 is 1. The second-order valence-corrected chi connectivity index (χ2v) is 7.36. The fraction of sp³-hybridized carbons (Fsp3) is 0.571. The zero-order valence-electron chi connectivity index (χ0n) is 17.2. The maximum atomic E-state index is 5.45. The van der Waals surface area contributed by atoms with Crippen molar-refractivity contribution in [2.45, 2.75) is 58.0 Å². The fourth-order valence-corrected chi connectivity index (χ4v) is 3.56. The molecular weight excluding hydrogens is 352 g/mol. The van der Waals surface area contributed by atoms with Gasteiger partial charge in [-0.3, -0.25) is 0 Å². The molecule has 3 rings (SSSR count). The van der Waals surface area contributed by atoms with Crippen LogP contribution in [-0.2, 0) is 20.0 Å².